The molecule has 1 aromatic rings. The Hall–Kier alpha value is -0.950. The summed E-state index contributed by atoms with van der Waals surface area (Å²) < 4.78 is 23.2. The number of nitrogens with two attached hydrogens (primary N) is 1. The van der Waals surface area contributed by atoms with Crippen molar-refractivity contribution < 1.29 is 8.42 Å². The summed E-state index contributed by atoms with van der Waals surface area (Å²) >= 11 is 0. The number of nitrogens with one attached hydrogen (secondary N) is 1. The molecule has 0 aromatic heterocycles. The van der Waals surface area contributed by atoms with Crippen LogP contribution in [0.1, 0.15) is 42.9 Å². The van der Waals surface area contributed by atoms with E-state index in [-0.39, 0.29) is 10.9 Å². The Bertz CT molecular complexity index is 645. The van der Waals surface area contributed by atoms with Gasteiger partial charge in [-0.1, -0.05) is 6.07 Å². The summed E-state index contributed by atoms with van der Waals surface area (Å²) in [6.45, 7) is 2.14. The van der Waals surface area contributed by atoms with E-state index in [4.69, 9.17) is 5.14 Å². The smallest absolute Gasteiger partial charge is 0.238 e. The summed E-state index contributed by atoms with van der Waals surface area (Å²) in [5.74, 6) is 0. The maximum atomic E-state index is 11.6. The van der Waals surface area contributed by atoms with Crippen molar-refractivity contribution in [3.63, 3.8) is 0 Å². The Balaban J connectivity index is 1.77. The molecule has 3 N–H and O–H groups in total. The second-order valence-corrected chi connectivity index (χ2v) is 8.08. The third-order valence-corrected chi connectivity index (χ3v) is 5.98. The molecule has 1 fully saturated rings. The standard InChI is InChI=1S/C16H25N3O2S/c1-19-10-2-3-13(19)5-7-16-15-11-14(22(17,20)21)6-4-12(15)8-9-18-16/h4,6,11,13,16,18H,2-3,5,7-10H2,1H3,(H2,17,20,21)/t13-,16?/m0/s1. The lowest BCUT2D eigenvalue weighted by Crippen LogP contribution is -2.32. The minimum atomic E-state index is -3.64. The van der Waals surface area contributed by atoms with E-state index in [0.717, 1.165) is 31.4 Å². The first-order chi connectivity index (χ1) is 10.4. The lowest BCUT2D eigenvalue weighted by molar-refractivity contribution is 0.279. The van der Waals surface area contributed by atoms with Gasteiger partial charge in [-0.15, -0.1) is 0 Å². The van der Waals surface area contributed by atoms with Crippen LogP contribution in [0.15, 0.2) is 23.1 Å². The lowest BCUT2D eigenvalue weighted by Gasteiger charge is -2.29. The quantitative estimate of drug-likeness (QED) is 0.878. The van der Waals surface area contributed by atoms with Gasteiger partial charge in [0.05, 0.1) is 4.90 Å². The molecule has 0 spiro atoms. The van der Waals surface area contributed by atoms with Crippen molar-refractivity contribution in [2.75, 3.05) is 20.1 Å². The number of hydrogen-bond donors (Lipinski definition) is 2. The Kier molecular flexibility index (Phi) is 4.54. The topological polar surface area (TPSA) is 75.4 Å². The lowest BCUT2D eigenvalue weighted by atomic mass is 9.90. The Morgan fingerprint density at radius 1 is 1.36 bits per heavy atom. The number of sulfonamides is 1. The van der Waals surface area contributed by atoms with E-state index in [9.17, 15) is 8.42 Å². The third kappa shape index (κ3) is 3.35. The Labute approximate surface area is 132 Å². The van der Waals surface area contributed by atoms with Crippen LogP contribution in [0, 0.1) is 0 Å². The van der Waals surface area contributed by atoms with Gasteiger partial charge >= 0.3 is 0 Å². The number of hydrogen-bond acceptors (Lipinski definition) is 4. The highest BCUT2D eigenvalue weighted by atomic mass is 32.2. The molecule has 0 amide bonds. The van der Waals surface area contributed by atoms with Crippen molar-refractivity contribution >= 4 is 10.0 Å². The molecule has 1 aromatic carbocycles. The van der Waals surface area contributed by atoms with Crippen molar-refractivity contribution in [2.24, 2.45) is 5.14 Å². The fourth-order valence-corrected chi connectivity index (χ4v) is 4.30. The molecule has 1 saturated heterocycles. The predicted octanol–water partition coefficient (Wildman–Crippen LogP) is 1.40. The SMILES string of the molecule is CN1CCC[C@H]1CCC1NCCc2ccc(S(N)(=O)=O)cc21. The van der Waals surface area contributed by atoms with Crippen LogP contribution in [-0.2, 0) is 16.4 Å². The fraction of sp³-hybridized carbons (Fsp3) is 0.625. The molecule has 0 aliphatic carbocycles. The van der Waals surface area contributed by atoms with E-state index in [1.165, 1.54) is 24.9 Å². The highest BCUT2D eigenvalue weighted by molar-refractivity contribution is 7.89. The molecule has 2 aliphatic heterocycles. The molecule has 3 rings (SSSR count). The summed E-state index contributed by atoms with van der Waals surface area (Å²) in [5, 5.41) is 8.81. The van der Waals surface area contributed by atoms with Gasteiger partial charge in [0.2, 0.25) is 10.0 Å². The molecular weight excluding hydrogens is 298 g/mol. The van der Waals surface area contributed by atoms with Crippen molar-refractivity contribution in [1.29, 1.82) is 0 Å². The molecule has 5 nitrogen and oxygen atoms in total. The zero-order chi connectivity index (χ0) is 15.7. The third-order valence-electron chi connectivity index (χ3n) is 5.07. The average Bonchev–Trinajstić information content (AvgIpc) is 2.89. The molecular formula is C16H25N3O2S. The van der Waals surface area contributed by atoms with Gasteiger partial charge in [0.15, 0.2) is 0 Å². The number of likely N-dealkylation sites (tertiary alicyclic amines) is 1. The van der Waals surface area contributed by atoms with E-state index in [0.29, 0.717) is 6.04 Å². The fourth-order valence-electron chi connectivity index (χ4n) is 3.75. The second-order valence-electron chi connectivity index (χ2n) is 6.52. The number of rotatable bonds is 4. The van der Waals surface area contributed by atoms with Gasteiger partial charge in [0.1, 0.15) is 0 Å². The number of nitrogens with zero attached hydrogens (tertiary/aromatic N) is 1. The van der Waals surface area contributed by atoms with Gasteiger partial charge in [-0.05, 0) is 75.5 Å². The minimum absolute atomic E-state index is 0.220. The maximum Gasteiger partial charge on any atom is 0.238 e. The molecule has 0 radical (unpaired) electrons. The van der Waals surface area contributed by atoms with E-state index >= 15 is 0 Å². The van der Waals surface area contributed by atoms with Crippen LogP contribution in [0.4, 0.5) is 0 Å². The monoisotopic (exact) mass is 323 g/mol. The highest BCUT2D eigenvalue weighted by Gasteiger charge is 2.25. The van der Waals surface area contributed by atoms with E-state index < -0.39 is 10.0 Å². The molecule has 2 atom stereocenters. The molecule has 2 aliphatic rings. The van der Waals surface area contributed by atoms with E-state index in [1.54, 1.807) is 12.1 Å². The summed E-state index contributed by atoms with van der Waals surface area (Å²) in [6, 6.07) is 6.21. The molecule has 22 heavy (non-hydrogen) atoms. The second kappa shape index (κ2) is 6.28. The van der Waals surface area contributed by atoms with Crippen molar-refractivity contribution in [1.82, 2.24) is 10.2 Å². The largest absolute Gasteiger partial charge is 0.310 e. The Morgan fingerprint density at radius 3 is 2.86 bits per heavy atom. The van der Waals surface area contributed by atoms with Crippen LogP contribution < -0.4 is 10.5 Å². The number of fused-ring (bicyclic) bond motifs is 1. The molecule has 122 valence electrons. The summed E-state index contributed by atoms with van der Waals surface area (Å²) in [7, 11) is -1.44. The number of benzene rings is 1. The summed E-state index contributed by atoms with van der Waals surface area (Å²) in [5.41, 5.74) is 2.36. The highest BCUT2D eigenvalue weighted by Crippen LogP contribution is 2.30. The predicted molar refractivity (Wildman–Crippen MR) is 87.1 cm³/mol. The van der Waals surface area contributed by atoms with E-state index in [1.807, 2.05) is 6.07 Å². The van der Waals surface area contributed by atoms with E-state index in [2.05, 4.69) is 17.3 Å². The molecule has 0 saturated carbocycles. The van der Waals surface area contributed by atoms with Crippen molar-refractivity contribution in [3.8, 4) is 0 Å². The van der Waals surface area contributed by atoms with Crippen LogP contribution in [0.2, 0.25) is 0 Å². The van der Waals surface area contributed by atoms with Gasteiger partial charge < -0.3 is 10.2 Å². The molecule has 2 heterocycles. The van der Waals surface area contributed by atoms with Crippen LogP contribution in [0.5, 0.6) is 0 Å². The first-order valence-electron chi connectivity index (χ1n) is 8.04. The van der Waals surface area contributed by atoms with Crippen molar-refractivity contribution in [2.45, 2.75) is 49.1 Å². The van der Waals surface area contributed by atoms with Gasteiger partial charge in [0, 0.05) is 12.1 Å². The van der Waals surface area contributed by atoms with Crippen LogP contribution >= 0.6 is 0 Å². The van der Waals surface area contributed by atoms with Gasteiger partial charge in [0.25, 0.3) is 0 Å². The Morgan fingerprint density at radius 2 is 2.18 bits per heavy atom. The van der Waals surface area contributed by atoms with Crippen LogP contribution in [0.3, 0.4) is 0 Å². The summed E-state index contributed by atoms with van der Waals surface area (Å²) in [6.07, 6.45) is 5.68. The average molecular weight is 323 g/mol. The molecule has 1 unspecified atom stereocenters. The first-order valence-corrected chi connectivity index (χ1v) is 9.59. The van der Waals surface area contributed by atoms with Crippen LogP contribution in [-0.4, -0.2) is 39.5 Å². The van der Waals surface area contributed by atoms with Crippen molar-refractivity contribution in [3.05, 3.63) is 29.3 Å². The normalized spacial score (nSPS) is 26.1. The zero-order valence-corrected chi connectivity index (χ0v) is 13.9. The zero-order valence-electron chi connectivity index (χ0n) is 13.1. The maximum absolute atomic E-state index is 11.6. The number of primary sulfonamides is 1. The van der Waals surface area contributed by atoms with Gasteiger partial charge in [-0.3, -0.25) is 0 Å². The molecule has 6 heteroatoms. The first kappa shape index (κ1) is 15.9. The van der Waals surface area contributed by atoms with Gasteiger partial charge in [-0.25, -0.2) is 13.6 Å². The minimum Gasteiger partial charge on any atom is -0.310 e. The molecule has 0 bridgehead atoms. The van der Waals surface area contributed by atoms with Crippen LogP contribution in [0.25, 0.3) is 0 Å². The van der Waals surface area contributed by atoms with Gasteiger partial charge in [-0.2, -0.15) is 0 Å². The summed E-state index contributed by atoms with van der Waals surface area (Å²) in [4.78, 5) is 2.66.